The van der Waals surface area contributed by atoms with Crippen molar-refractivity contribution in [3.63, 3.8) is 0 Å². The summed E-state index contributed by atoms with van der Waals surface area (Å²) in [5, 5.41) is 19.5. The van der Waals surface area contributed by atoms with Crippen LogP contribution in [0.1, 0.15) is 22.9 Å². The third-order valence-corrected chi connectivity index (χ3v) is 6.77. The summed E-state index contributed by atoms with van der Waals surface area (Å²) in [6, 6.07) is 26.6. The van der Waals surface area contributed by atoms with E-state index in [1.165, 1.54) is 11.8 Å². The summed E-state index contributed by atoms with van der Waals surface area (Å²) >= 11 is 1.53. The van der Waals surface area contributed by atoms with Gasteiger partial charge in [0.2, 0.25) is 11.8 Å². The average molecular weight is 479 g/mol. The van der Waals surface area contributed by atoms with Crippen LogP contribution in [0.5, 0.6) is 0 Å². The average Bonchev–Trinajstić information content (AvgIpc) is 3.62. The first kappa shape index (κ1) is 21.4. The van der Waals surface area contributed by atoms with Gasteiger partial charge >= 0.3 is 0 Å². The molecule has 6 rings (SSSR count). The highest BCUT2D eigenvalue weighted by atomic mass is 32.2. The number of aromatic amines is 1. The molecule has 0 aliphatic heterocycles. The van der Waals surface area contributed by atoms with Crippen LogP contribution < -0.4 is 0 Å². The number of rotatable bonds is 7. The zero-order valence-corrected chi connectivity index (χ0v) is 19.9. The maximum atomic E-state index is 5.91. The summed E-state index contributed by atoms with van der Waals surface area (Å²) in [7, 11) is 0. The Morgan fingerprint density at radius 3 is 2.49 bits per heavy atom. The van der Waals surface area contributed by atoms with Crippen molar-refractivity contribution in [2.75, 3.05) is 0 Å². The Labute approximate surface area is 206 Å². The fraction of sp³-hybridized carbons (Fsp3) is 0.111. The minimum atomic E-state index is 0.500. The van der Waals surface area contributed by atoms with E-state index in [1.807, 2.05) is 48.7 Å². The number of benzene rings is 3. The van der Waals surface area contributed by atoms with Crippen LogP contribution in [0.3, 0.4) is 0 Å². The number of nitrogens with one attached hydrogen (secondary N) is 1. The van der Waals surface area contributed by atoms with Crippen molar-refractivity contribution in [2.24, 2.45) is 0 Å². The van der Waals surface area contributed by atoms with Gasteiger partial charge in [-0.1, -0.05) is 78.5 Å². The van der Waals surface area contributed by atoms with Gasteiger partial charge in [-0.2, -0.15) is 0 Å². The molecule has 8 heteroatoms. The van der Waals surface area contributed by atoms with E-state index in [4.69, 9.17) is 4.42 Å². The van der Waals surface area contributed by atoms with Crippen molar-refractivity contribution in [2.45, 2.75) is 24.3 Å². The molecule has 35 heavy (non-hydrogen) atoms. The van der Waals surface area contributed by atoms with E-state index in [-0.39, 0.29) is 0 Å². The quantitative estimate of drug-likeness (QED) is 0.284. The molecule has 0 saturated heterocycles. The molecule has 3 aromatic carbocycles. The lowest BCUT2D eigenvalue weighted by atomic mass is 10.1. The Morgan fingerprint density at radius 1 is 0.829 bits per heavy atom. The standard InChI is InChI=1S/C27H22N6OS/c1-18-9-5-8-14-23(18)33-26(21-16-28-22-13-7-6-12-20(21)22)31-32-27(33)35-17-25-30-29-24(34-25)15-19-10-3-2-4-11-19/h2-14,16,28H,15,17H2,1H3. The number of H-pyrrole nitrogens is 1. The molecule has 0 bridgehead atoms. The highest BCUT2D eigenvalue weighted by molar-refractivity contribution is 7.98. The normalized spacial score (nSPS) is 11.3. The van der Waals surface area contributed by atoms with E-state index < -0.39 is 0 Å². The van der Waals surface area contributed by atoms with Crippen LogP contribution >= 0.6 is 11.8 Å². The highest BCUT2D eigenvalue weighted by Gasteiger charge is 2.20. The van der Waals surface area contributed by atoms with Crippen molar-refractivity contribution < 1.29 is 4.42 Å². The molecule has 0 unspecified atom stereocenters. The van der Waals surface area contributed by atoms with Gasteiger partial charge in [0.1, 0.15) is 0 Å². The molecule has 0 atom stereocenters. The van der Waals surface area contributed by atoms with Gasteiger partial charge in [0.15, 0.2) is 11.0 Å². The second-order valence-corrected chi connectivity index (χ2v) is 9.16. The lowest BCUT2D eigenvalue weighted by Gasteiger charge is -2.12. The zero-order chi connectivity index (χ0) is 23.6. The number of para-hydroxylation sites is 2. The fourth-order valence-corrected chi connectivity index (χ4v) is 4.92. The second kappa shape index (κ2) is 9.23. The largest absolute Gasteiger partial charge is 0.424 e. The molecule has 0 saturated carbocycles. The van der Waals surface area contributed by atoms with Crippen LogP contribution in [0, 0.1) is 6.92 Å². The number of thioether (sulfide) groups is 1. The van der Waals surface area contributed by atoms with Crippen molar-refractivity contribution >= 4 is 22.7 Å². The number of aryl methyl sites for hydroxylation is 1. The molecule has 3 aromatic heterocycles. The molecule has 0 aliphatic rings. The third-order valence-electron chi connectivity index (χ3n) is 5.85. The Kier molecular flexibility index (Phi) is 5.64. The van der Waals surface area contributed by atoms with Crippen molar-refractivity contribution in [1.29, 1.82) is 0 Å². The van der Waals surface area contributed by atoms with Crippen LogP contribution in [0.25, 0.3) is 28.0 Å². The van der Waals surface area contributed by atoms with Crippen molar-refractivity contribution in [1.82, 2.24) is 29.9 Å². The monoisotopic (exact) mass is 478 g/mol. The number of fused-ring (bicyclic) bond motifs is 1. The van der Waals surface area contributed by atoms with Crippen LogP contribution in [-0.4, -0.2) is 29.9 Å². The lowest BCUT2D eigenvalue weighted by molar-refractivity contribution is 0.474. The van der Waals surface area contributed by atoms with Gasteiger partial charge < -0.3 is 9.40 Å². The van der Waals surface area contributed by atoms with Gasteiger partial charge in [0.25, 0.3) is 0 Å². The van der Waals surface area contributed by atoms with E-state index in [2.05, 4.69) is 73.3 Å². The Hall–Kier alpha value is -4.17. The van der Waals surface area contributed by atoms with Crippen LogP contribution in [0.2, 0.25) is 0 Å². The molecule has 1 N–H and O–H groups in total. The van der Waals surface area contributed by atoms with Crippen LogP contribution in [-0.2, 0) is 12.2 Å². The Balaban J connectivity index is 1.32. The van der Waals surface area contributed by atoms with E-state index in [1.54, 1.807) is 0 Å². The highest BCUT2D eigenvalue weighted by Crippen LogP contribution is 2.34. The Bertz CT molecular complexity index is 1600. The van der Waals surface area contributed by atoms with Gasteiger partial charge in [-0.3, -0.25) is 4.57 Å². The first-order valence-electron chi connectivity index (χ1n) is 11.3. The molecule has 172 valence electrons. The number of nitrogens with zero attached hydrogens (tertiary/aromatic N) is 5. The minimum Gasteiger partial charge on any atom is -0.424 e. The SMILES string of the molecule is Cc1ccccc1-n1c(SCc2nnc(Cc3ccccc3)o2)nnc1-c1c[nH]c2ccccc12. The predicted molar refractivity (Wildman–Crippen MR) is 136 cm³/mol. The number of hydrogen-bond donors (Lipinski definition) is 1. The summed E-state index contributed by atoms with van der Waals surface area (Å²) in [6.07, 6.45) is 2.61. The number of hydrogen-bond acceptors (Lipinski definition) is 6. The summed E-state index contributed by atoms with van der Waals surface area (Å²) in [5.74, 6) is 2.45. The first-order chi connectivity index (χ1) is 17.3. The predicted octanol–water partition coefficient (Wildman–Crippen LogP) is 5.99. The maximum absolute atomic E-state index is 5.91. The fourth-order valence-electron chi connectivity index (χ4n) is 4.14. The summed E-state index contributed by atoms with van der Waals surface area (Å²) < 4.78 is 8.02. The summed E-state index contributed by atoms with van der Waals surface area (Å²) in [6.45, 7) is 2.09. The molecule has 0 aliphatic carbocycles. The number of aromatic nitrogens is 6. The molecule has 0 spiro atoms. The van der Waals surface area contributed by atoms with Gasteiger partial charge in [-0.15, -0.1) is 20.4 Å². The lowest BCUT2D eigenvalue weighted by Crippen LogP contribution is -2.01. The minimum absolute atomic E-state index is 0.500. The van der Waals surface area contributed by atoms with Crippen LogP contribution in [0.4, 0.5) is 0 Å². The van der Waals surface area contributed by atoms with E-state index in [0.29, 0.717) is 24.0 Å². The third kappa shape index (κ3) is 4.24. The van der Waals surface area contributed by atoms with E-state index in [9.17, 15) is 0 Å². The molecule has 0 amide bonds. The summed E-state index contributed by atoms with van der Waals surface area (Å²) in [5.41, 5.74) is 5.38. The molecular weight excluding hydrogens is 456 g/mol. The molecule has 7 nitrogen and oxygen atoms in total. The van der Waals surface area contributed by atoms with Gasteiger partial charge in [-0.05, 0) is 30.2 Å². The molecular formula is C27H22N6OS. The van der Waals surface area contributed by atoms with E-state index >= 15 is 0 Å². The van der Waals surface area contributed by atoms with Gasteiger partial charge in [-0.25, -0.2) is 0 Å². The molecule has 6 aromatic rings. The topological polar surface area (TPSA) is 85.4 Å². The van der Waals surface area contributed by atoms with Crippen molar-refractivity contribution in [3.05, 3.63) is 108 Å². The first-order valence-corrected chi connectivity index (χ1v) is 12.3. The smallest absolute Gasteiger partial charge is 0.226 e. The summed E-state index contributed by atoms with van der Waals surface area (Å²) in [4.78, 5) is 3.35. The maximum Gasteiger partial charge on any atom is 0.226 e. The van der Waals surface area contributed by atoms with Gasteiger partial charge in [0.05, 0.1) is 17.9 Å². The Morgan fingerprint density at radius 2 is 1.60 bits per heavy atom. The van der Waals surface area contributed by atoms with Crippen molar-refractivity contribution in [3.8, 4) is 17.1 Å². The zero-order valence-electron chi connectivity index (χ0n) is 19.0. The molecule has 0 radical (unpaired) electrons. The second-order valence-electron chi connectivity index (χ2n) is 8.22. The molecule has 0 fully saturated rings. The van der Waals surface area contributed by atoms with Crippen LogP contribution in [0.15, 0.2) is 94.6 Å². The van der Waals surface area contributed by atoms with Gasteiger partial charge in [0, 0.05) is 22.7 Å². The van der Waals surface area contributed by atoms with E-state index in [0.717, 1.165) is 44.3 Å². The molecule has 3 heterocycles.